The van der Waals surface area contributed by atoms with Crippen molar-refractivity contribution in [2.24, 2.45) is 11.5 Å². The molecule has 12 heteroatoms. The van der Waals surface area contributed by atoms with Gasteiger partial charge in [-0.3, -0.25) is 14.4 Å². The fourth-order valence-electron chi connectivity index (χ4n) is 3.38. The first-order valence-electron chi connectivity index (χ1n) is 10.5. The maximum Gasteiger partial charge on any atom is 0.326 e. The van der Waals surface area contributed by atoms with E-state index in [4.69, 9.17) is 11.5 Å². The van der Waals surface area contributed by atoms with Crippen LogP contribution in [-0.4, -0.2) is 88.7 Å². The average molecular weight is 478 g/mol. The molecule has 0 aromatic heterocycles. The van der Waals surface area contributed by atoms with E-state index < -0.39 is 47.9 Å². The number of thiol groups is 1. The third-order valence-electron chi connectivity index (χ3n) is 5.16. The number of unbranched alkanes of at least 4 members (excludes halogenated alkanes) is 1. The first-order chi connectivity index (χ1) is 14.8. The molecule has 0 aromatic carbocycles. The summed E-state index contributed by atoms with van der Waals surface area (Å²) in [5, 5.41) is 14.8. The molecule has 0 spiro atoms. The monoisotopic (exact) mass is 477 g/mol. The molecule has 178 valence electrons. The van der Waals surface area contributed by atoms with Gasteiger partial charge in [-0.2, -0.15) is 24.4 Å². The number of hydrogen-bond donors (Lipinski definition) is 6. The highest BCUT2D eigenvalue weighted by atomic mass is 32.2. The molecule has 0 saturated carbocycles. The quantitative estimate of drug-likeness (QED) is 0.139. The molecule has 1 fully saturated rings. The Labute approximate surface area is 193 Å². The highest BCUT2D eigenvalue weighted by molar-refractivity contribution is 7.98. The Bertz CT molecular complexity index is 624. The number of aliphatic carboxylic acids is 1. The zero-order valence-electron chi connectivity index (χ0n) is 17.9. The Morgan fingerprint density at radius 2 is 1.84 bits per heavy atom. The molecule has 0 radical (unpaired) electrons. The second-order valence-electron chi connectivity index (χ2n) is 7.51. The van der Waals surface area contributed by atoms with Gasteiger partial charge in [0.2, 0.25) is 17.7 Å². The number of carboxylic acid groups (broad SMARTS) is 1. The number of likely N-dealkylation sites (tertiary alicyclic amines) is 1. The van der Waals surface area contributed by atoms with Gasteiger partial charge < -0.3 is 32.1 Å². The SMILES string of the molecule is CSCCC(NC(=O)C(N)CS)C(=O)NC(CCCCN)C(=O)N1CCCC1C(=O)O. The van der Waals surface area contributed by atoms with Gasteiger partial charge in [-0.05, 0) is 57.1 Å². The van der Waals surface area contributed by atoms with Gasteiger partial charge in [-0.25, -0.2) is 4.79 Å². The number of carboxylic acids is 1. The summed E-state index contributed by atoms with van der Waals surface area (Å²) in [6.45, 7) is 0.785. The first-order valence-corrected chi connectivity index (χ1v) is 12.5. The third kappa shape index (κ3) is 8.87. The van der Waals surface area contributed by atoms with E-state index in [1.165, 1.54) is 16.7 Å². The van der Waals surface area contributed by atoms with Crippen LogP contribution in [0, 0.1) is 0 Å². The van der Waals surface area contributed by atoms with Crippen molar-refractivity contribution < 1.29 is 24.3 Å². The van der Waals surface area contributed by atoms with Gasteiger partial charge in [-0.15, -0.1) is 0 Å². The van der Waals surface area contributed by atoms with Crippen molar-refractivity contribution in [2.45, 2.75) is 62.7 Å². The lowest BCUT2D eigenvalue weighted by Crippen LogP contribution is -2.57. The topological polar surface area (TPSA) is 168 Å². The summed E-state index contributed by atoms with van der Waals surface area (Å²) in [6, 6.07) is -3.48. The smallest absolute Gasteiger partial charge is 0.326 e. The van der Waals surface area contributed by atoms with E-state index in [9.17, 15) is 24.3 Å². The van der Waals surface area contributed by atoms with E-state index in [0.717, 1.165) is 0 Å². The summed E-state index contributed by atoms with van der Waals surface area (Å²) in [6.07, 6.45) is 4.84. The second kappa shape index (κ2) is 14.5. The molecule has 0 aromatic rings. The van der Waals surface area contributed by atoms with Crippen LogP contribution in [0.15, 0.2) is 0 Å². The zero-order valence-corrected chi connectivity index (χ0v) is 19.6. The molecular formula is C19H35N5O5S2. The van der Waals surface area contributed by atoms with Crippen LogP contribution in [0.4, 0.5) is 0 Å². The van der Waals surface area contributed by atoms with E-state index in [1.807, 2.05) is 6.26 Å². The van der Waals surface area contributed by atoms with E-state index >= 15 is 0 Å². The summed E-state index contributed by atoms with van der Waals surface area (Å²) in [7, 11) is 0. The predicted molar refractivity (Wildman–Crippen MR) is 124 cm³/mol. The molecule has 4 atom stereocenters. The molecule has 7 N–H and O–H groups in total. The molecule has 4 unspecified atom stereocenters. The molecule has 1 rings (SSSR count). The molecule has 0 bridgehead atoms. The normalized spacial score (nSPS) is 18.8. The van der Waals surface area contributed by atoms with Gasteiger partial charge >= 0.3 is 5.97 Å². The number of carbonyl (C=O) groups is 4. The lowest BCUT2D eigenvalue weighted by Gasteiger charge is -2.29. The fourth-order valence-corrected chi connectivity index (χ4v) is 4.01. The molecule has 3 amide bonds. The van der Waals surface area contributed by atoms with E-state index in [2.05, 4.69) is 23.3 Å². The highest BCUT2D eigenvalue weighted by Gasteiger charge is 2.38. The zero-order chi connectivity index (χ0) is 23.4. The number of amides is 3. The van der Waals surface area contributed by atoms with Crippen molar-refractivity contribution in [3.05, 3.63) is 0 Å². The summed E-state index contributed by atoms with van der Waals surface area (Å²) in [5.74, 6) is -1.71. The van der Waals surface area contributed by atoms with Gasteiger partial charge in [0.15, 0.2) is 0 Å². The fraction of sp³-hybridized carbons (Fsp3) is 0.789. The van der Waals surface area contributed by atoms with Crippen LogP contribution in [0.25, 0.3) is 0 Å². The number of carbonyl (C=O) groups excluding carboxylic acids is 3. The van der Waals surface area contributed by atoms with E-state index in [-0.39, 0.29) is 5.75 Å². The van der Waals surface area contributed by atoms with Crippen molar-refractivity contribution in [1.82, 2.24) is 15.5 Å². The maximum absolute atomic E-state index is 13.1. The molecule has 1 aliphatic heterocycles. The lowest BCUT2D eigenvalue weighted by atomic mass is 10.1. The van der Waals surface area contributed by atoms with Crippen LogP contribution in [0.1, 0.15) is 38.5 Å². The van der Waals surface area contributed by atoms with Crippen LogP contribution in [0.5, 0.6) is 0 Å². The molecule has 0 aliphatic carbocycles. The van der Waals surface area contributed by atoms with Crippen LogP contribution < -0.4 is 22.1 Å². The minimum Gasteiger partial charge on any atom is -0.480 e. The van der Waals surface area contributed by atoms with Crippen molar-refractivity contribution in [1.29, 1.82) is 0 Å². The van der Waals surface area contributed by atoms with Crippen LogP contribution in [0.2, 0.25) is 0 Å². The molecule has 31 heavy (non-hydrogen) atoms. The molecule has 1 saturated heterocycles. The standard InChI is InChI=1S/C19H35N5O5S2/c1-31-10-7-13(22-16(25)12(21)11-30)17(26)23-14(5-2-3-8-20)18(27)24-9-4-6-15(24)19(28)29/h12-15,30H,2-11,20-21H2,1H3,(H,22,25)(H,23,26)(H,28,29). The van der Waals surface area contributed by atoms with Crippen molar-refractivity contribution in [2.75, 3.05) is 30.9 Å². The van der Waals surface area contributed by atoms with E-state index in [1.54, 1.807) is 0 Å². The van der Waals surface area contributed by atoms with Gasteiger partial charge in [0.25, 0.3) is 0 Å². The van der Waals surface area contributed by atoms with E-state index in [0.29, 0.717) is 57.4 Å². The number of hydrogen-bond acceptors (Lipinski definition) is 8. The van der Waals surface area contributed by atoms with Crippen LogP contribution in [-0.2, 0) is 19.2 Å². The minimum atomic E-state index is -1.05. The molecule has 1 aliphatic rings. The van der Waals surface area contributed by atoms with Gasteiger partial charge in [0.1, 0.15) is 18.1 Å². The predicted octanol–water partition coefficient (Wildman–Crippen LogP) is -0.829. The molecule has 10 nitrogen and oxygen atoms in total. The Morgan fingerprint density at radius 3 is 2.42 bits per heavy atom. The van der Waals surface area contributed by atoms with Crippen LogP contribution in [0.3, 0.4) is 0 Å². The largest absolute Gasteiger partial charge is 0.480 e. The molecule has 1 heterocycles. The summed E-state index contributed by atoms with van der Waals surface area (Å²) in [4.78, 5) is 51.1. The number of thioether (sulfide) groups is 1. The second-order valence-corrected chi connectivity index (χ2v) is 8.86. The van der Waals surface area contributed by atoms with Crippen LogP contribution >= 0.6 is 24.4 Å². The Hall–Kier alpha value is -1.50. The third-order valence-corrected chi connectivity index (χ3v) is 6.20. The number of nitrogens with zero attached hydrogens (tertiary/aromatic N) is 1. The molecular weight excluding hydrogens is 442 g/mol. The maximum atomic E-state index is 13.1. The van der Waals surface area contributed by atoms with Gasteiger partial charge in [-0.1, -0.05) is 0 Å². The first kappa shape index (κ1) is 27.5. The number of nitrogens with one attached hydrogen (secondary N) is 2. The van der Waals surface area contributed by atoms with Crippen molar-refractivity contribution in [3.63, 3.8) is 0 Å². The van der Waals surface area contributed by atoms with Crippen molar-refractivity contribution in [3.8, 4) is 0 Å². The Kier molecular flexibility index (Phi) is 12.9. The number of rotatable bonds is 14. The lowest BCUT2D eigenvalue weighted by molar-refractivity contribution is -0.149. The minimum absolute atomic E-state index is 0.133. The Morgan fingerprint density at radius 1 is 1.16 bits per heavy atom. The summed E-state index contributed by atoms with van der Waals surface area (Å²) in [5.41, 5.74) is 11.2. The van der Waals surface area contributed by atoms with Gasteiger partial charge in [0, 0.05) is 12.3 Å². The number of nitrogens with two attached hydrogens (primary N) is 2. The average Bonchev–Trinajstić information content (AvgIpc) is 3.24. The summed E-state index contributed by atoms with van der Waals surface area (Å²) >= 11 is 5.53. The summed E-state index contributed by atoms with van der Waals surface area (Å²) < 4.78 is 0. The highest BCUT2D eigenvalue weighted by Crippen LogP contribution is 2.20. The van der Waals surface area contributed by atoms with Gasteiger partial charge in [0.05, 0.1) is 6.04 Å². The van der Waals surface area contributed by atoms with Crippen molar-refractivity contribution >= 4 is 48.1 Å². The Balaban J connectivity index is 2.95.